The minimum Gasteiger partial charge on any atom is -0.491 e. The number of rotatable bonds is 8. The summed E-state index contributed by atoms with van der Waals surface area (Å²) >= 11 is 0. The van der Waals surface area contributed by atoms with Gasteiger partial charge in [-0.05, 0) is 23.6 Å². The molecule has 0 spiro atoms. The zero-order valence-electron chi connectivity index (χ0n) is 16.7. The molecule has 146 valence electrons. The van der Waals surface area contributed by atoms with Crippen molar-refractivity contribution in [3.05, 3.63) is 65.7 Å². The van der Waals surface area contributed by atoms with Gasteiger partial charge in [-0.2, -0.15) is 0 Å². The van der Waals surface area contributed by atoms with Crippen molar-refractivity contribution in [1.29, 1.82) is 0 Å². The fourth-order valence-corrected chi connectivity index (χ4v) is 3.76. The van der Waals surface area contributed by atoms with E-state index in [4.69, 9.17) is 4.74 Å². The van der Waals surface area contributed by atoms with Crippen LogP contribution in [0.3, 0.4) is 0 Å². The average molecular weight is 371 g/mol. The number of benzene rings is 2. The van der Waals surface area contributed by atoms with E-state index >= 15 is 0 Å². The lowest BCUT2D eigenvalue weighted by Crippen LogP contribution is -3.28. The molecule has 0 radical (unpaired) electrons. The largest absolute Gasteiger partial charge is 0.491 e. The van der Waals surface area contributed by atoms with Crippen molar-refractivity contribution in [2.24, 2.45) is 0 Å². The first-order chi connectivity index (χ1) is 13.1. The highest BCUT2D eigenvalue weighted by Crippen LogP contribution is 2.18. The number of hydrogen-bond acceptors (Lipinski definition) is 2. The van der Waals surface area contributed by atoms with Gasteiger partial charge >= 0.3 is 0 Å². The quantitative estimate of drug-likeness (QED) is 0.634. The van der Waals surface area contributed by atoms with Crippen LogP contribution in [0, 0.1) is 0 Å². The molecule has 1 aliphatic heterocycles. The summed E-state index contributed by atoms with van der Waals surface area (Å²) in [5.74, 6) is 1.36. The van der Waals surface area contributed by atoms with Gasteiger partial charge < -0.3 is 19.6 Å². The molecule has 0 unspecified atom stereocenters. The predicted molar refractivity (Wildman–Crippen MR) is 108 cm³/mol. The highest BCUT2D eigenvalue weighted by Gasteiger charge is 2.25. The molecule has 2 aromatic rings. The standard InChI is InChI=1S/C23H32N2O2/c1-19(2)21-8-10-23(11-9-21)27-18-22(26)17-25-14-12-24(13-15-25)16-20-6-4-3-5-7-20/h3-11,19,22,26H,12-18H2,1-2H3/p+2/t22-/m1/s1. The molecule has 4 heteroatoms. The maximum atomic E-state index is 10.4. The Morgan fingerprint density at radius 2 is 1.52 bits per heavy atom. The zero-order chi connectivity index (χ0) is 19.1. The van der Waals surface area contributed by atoms with Crippen molar-refractivity contribution >= 4 is 0 Å². The van der Waals surface area contributed by atoms with Gasteiger partial charge in [0.2, 0.25) is 0 Å². The van der Waals surface area contributed by atoms with E-state index in [0.29, 0.717) is 12.5 Å². The van der Waals surface area contributed by atoms with Crippen molar-refractivity contribution < 1.29 is 19.6 Å². The lowest BCUT2D eigenvalue weighted by atomic mass is 10.0. The summed E-state index contributed by atoms with van der Waals surface area (Å²) in [4.78, 5) is 3.12. The molecule has 27 heavy (non-hydrogen) atoms. The molecule has 2 aromatic carbocycles. The third-order valence-electron chi connectivity index (χ3n) is 5.47. The lowest BCUT2D eigenvalue weighted by Gasteiger charge is -2.30. The SMILES string of the molecule is CC(C)c1ccc(OC[C@H](O)C[NH+]2CC[NH+](Cc3ccccc3)CC2)cc1. The van der Waals surface area contributed by atoms with Gasteiger partial charge in [0.25, 0.3) is 0 Å². The van der Waals surface area contributed by atoms with Crippen molar-refractivity contribution in [3.8, 4) is 5.75 Å². The molecule has 1 heterocycles. The molecule has 0 aromatic heterocycles. The fraction of sp³-hybridized carbons (Fsp3) is 0.478. The van der Waals surface area contributed by atoms with Crippen molar-refractivity contribution in [3.63, 3.8) is 0 Å². The molecule has 0 amide bonds. The molecule has 4 nitrogen and oxygen atoms in total. The molecule has 3 rings (SSSR count). The Morgan fingerprint density at radius 1 is 0.889 bits per heavy atom. The molecule has 0 saturated carbocycles. The van der Waals surface area contributed by atoms with Gasteiger partial charge in [-0.25, -0.2) is 0 Å². The summed E-state index contributed by atoms with van der Waals surface area (Å²) in [6, 6.07) is 18.9. The number of hydrogen-bond donors (Lipinski definition) is 3. The molecule has 1 atom stereocenters. The minimum atomic E-state index is -0.416. The van der Waals surface area contributed by atoms with Gasteiger partial charge in [0.15, 0.2) is 0 Å². The predicted octanol–water partition coefficient (Wildman–Crippen LogP) is 0.533. The number of nitrogens with one attached hydrogen (secondary N) is 2. The summed E-state index contributed by atoms with van der Waals surface area (Å²) in [6.45, 7) is 11.2. The van der Waals surface area contributed by atoms with Crippen LogP contribution >= 0.6 is 0 Å². The Labute approximate surface area is 163 Å². The van der Waals surface area contributed by atoms with Crippen LogP contribution in [0.15, 0.2) is 54.6 Å². The van der Waals surface area contributed by atoms with Crippen LogP contribution in [-0.2, 0) is 6.54 Å². The average Bonchev–Trinajstić information content (AvgIpc) is 2.69. The monoisotopic (exact) mass is 370 g/mol. The van der Waals surface area contributed by atoms with E-state index in [1.807, 2.05) is 12.1 Å². The molecular weight excluding hydrogens is 336 g/mol. The summed E-state index contributed by atoms with van der Waals surface area (Å²) in [5.41, 5.74) is 2.72. The van der Waals surface area contributed by atoms with Crippen LogP contribution in [0.25, 0.3) is 0 Å². The highest BCUT2D eigenvalue weighted by molar-refractivity contribution is 5.28. The Bertz CT molecular complexity index is 665. The van der Waals surface area contributed by atoms with E-state index in [9.17, 15) is 5.11 Å². The van der Waals surface area contributed by atoms with E-state index < -0.39 is 6.10 Å². The number of aliphatic hydroxyl groups is 1. The lowest BCUT2D eigenvalue weighted by molar-refractivity contribution is -1.02. The van der Waals surface area contributed by atoms with Gasteiger partial charge in [0, 0.05) is 5.56 Å². The van der Waals surface area contributed by atoms with Gasteiger partial charge in [0.05, 0.1) is 0 Å². The first-order valence-electron chi connectivity index (χ1n) is 10.2. The van der Waals surface area contributed by atoms with Crippen LogP contribution < -0.4 is 14.5 Å². The Kier molecular flexibility index (Phi) is 7.27. The molecular formula is C23H34N2O2+2. The first-order valence-corrected chi connectivity index (χ1v) is 10.2. The highest BCUT2D eigenvalue weighted by atomic mass is 16.5. The fourth-order valence-electron chi connectivity index (χ4n) is 3.76. The number of aliphatic hydroxyl groups excluding tert-OH is 1. The molecule has 1 saturated heterocycles. The molecule has 0 aliphatic carbocycles. The summed E-state index contributed by atoms with van der Waals surface area (Å²) in [6.07, 6.45) is -0.416. The van der Waals surface area contributed by atoms with Gasteiger partial charge in [-0.1, -0.05) is 56.3 Å². The van der Waals surface area contributed by atoms with Crippen molar-refractivity contribution in [1.82, 2.24) is 0 Å². The van der Waals surface area contributed by atoms with E-state index in [-0.39, 0.29) is 0 Å². The molecule has 1 fully saturated rings. The molecule has 0 bridgehead atoms. The molecule has 3 N–H and O–H groups in total. The van der Waals surface area contributed by atoms with Crippen LogP contribution in [-0.4, -0.2) is 50.5 Å². The third kappa shape index (κ3) is 6.35. The number of quaternary nitrogens is 2. The summed E-state index contributed by atoms with van der Waals surface area (Å²) in [7, 11) is 0. The van der Waals surface area contributed by atoms with E-state index in [1.165, 1.54) is 16.0 Å². The van der Waals surface area contributed by atoms with E-state index in [1.54, 1.807) is 4.90 Å². The topological polar surface area (TPSA) is 38.3 Å². The van der Waals surface area contributed by atoms with Crippen LogP contribution in [0.5, 0.6) is 5.75 Å². The van der Waals surface area contributed by atoms with Crippen molar-refractivity contribution in [2.75, 3.05) is 39.3 Å². The minimum absolute atomic E-state index is 0.366. The summed E-state index contributed by atoms with van der Waals surface area (Å²) < 4.78 is 5.78. The molecule has 1 aliphatic rings. The Morgan fingerprint density at radius 3 is 2.15 bits per heavy atom. The van der Waals surface area contributed by atoms with Gasteiger partial charge in [0.1, 0.15) is 57.7 Å². The third-order valence-corrected chi connectivity index (χ3v) is 5.47. The van der Waals surface area contributed by atoms with E-state index in [2.05, 4.69) is 56.3 Å². The maximum absolute atomic E-state index is 10.4. The van der Waals surface area contributed by atoms with E-state index in [0.717, 1.165) is 45.0 Å². The van der Waals surface area contributed by atoms with Crippen LogP contribution in [0.4, 0.5) is 0 Å². The van der Waals surface area contributed by atoms with Gasteiger partial charge in [-0.15, -0.1) is 0 Å². The normalized spacial score (nSPS) is 21.2. The maximum Gasteiger partial charge on any atom is 0.137 e. The second-order valence-electron chi connectivity index (χ2n) is 8.06. The zero-order valence-corrected chi connectivity index (χ0v) is 16.7. The Balaban J connectivity index is 1.36. The van der Waals surface area contributed by atoms with Gasteiger partial charge in [-0.3, -0.25) is 0 Å². The number of ether oxygens (including phenoxy) is 1. The van der Waals surface area contributed by atoms with Crippen LogP contribution in [0.2, 0.25) is 0 Å². The summed E-state index contributed by atoms with van der Waals surface area (Å²) in [5, 5.41) is 10.4. The Hall–Kier alpha value is -1.88. The second kappa shape index (κ2) is 9.88. The van der Waals surface area contributed by atoms with Crippen LogP contribution in [0.1, 0.15) is 30.9 Å². The second-order valence-corrected chi connectivity index (χ2v) is 8.06. The smallest absolute Gasteiger partial charge is 0.137 e. The first kappa shape index (κ1) is 19.9. The number of piperazine rings is 1. The van der Waals surface area contributed by atoms with Crippen molar-refractivity contribution in [2.45, 2.75) is 32.4 Å².